The van der Waals surface area contributed by atoms with Gasteiger partial charge in [-0.05, 0) is 43.2 Å². The molecule has 0 radical (unpaired) electrons. The minimum absolute atomic E-state index is 0.0988. The van der Waals surface area contributed by atoms with Crippen LogP contribution in [0.1, 0.15) is 16.7 Å². The van der Waals surface area contributed by atoms with E-state index in [1.807, 2.05) is 32.0 Å². The van der Waals surface area contributed by atoms with Gasteiger partial charge in [-0.15, -0.1) is 0 Å². The lowest BCUT2D eigenvalue weighted by Crippen LogP contribution is -2.30. The molecule has 0 atom stereocenters. The number of hydrogen-bond donors (Lipinski definition) is 0. The van der Waals surface area contributed by atoms with Gasteiger partial charge in [-0.1, -0.05) is 41.4 Å². The van der Waals surface area contributed by atoms with Crippen molar-refractivity contribution < 1.29 is 8.42 Å². The molecule has 2 aromatic carbocycles. The molecule has 2 aromatic rings. The number of aryl methyl sites for hydroxylation is 2. The van der Waals surface area contributed by atoms with Crippen LogP contribution in [0.2, 0.25) is 10.0 Å². The molecule has 0 amide bonds. The van der Waals surface area contributed by atoms with Gasteiger partial charge in [0.25, 0.3) is 0 Å². The Labute approximate surface area is 141 Å². The molecule has 0 aliphatic carbocycles. The summed E-state index contributed by atoms with van der Waals surface area (Å²) in [6.07, 6.45) is 1.18. The van der Waals surface area contributed by atoms with Crippen LogP contribution in [-0.2, 0) is 16.6 Å². The Morgan fingerprint density at radius 2 is 1.64 bits per heavy atom. The zero-order valence-electron chi connectivity index (χ0n) is 12.6. The van der Waals surface area contributed by atoms with Gasteiger partial charge in [0.15, 0.2) is 0 Å². The van der Waals surface area contributed by atoms with E-state index in [0.29, 0.717) is 21.3 Å². The molecule has 2 rings (SSSR count). The van der Waals surface area contributed by atoms with Gasteiger partial charge in [0.2, 0.25) is 10.0 Å². The summed E-state index contributed by atoms with van der Waals surface area (Å²) in [6, 6.07) is 10.8. The number of rotatable bonds is 4. The van der Waals surface area contributed by atoms with Crippen molar-refractivity contribution in [2.75, 3.05) is 10.6 Å². The third-order valence-corrected chi connectivity index (χ3v) is 5.23. The Morgan fingerprint density at radius 3 is 2.18 bits per heavy atom. The summed E-state index contributed by atoms with van der Waals surface area (Å²) >= 11 is 12.4. The van der Waals surface area contributed by atoms with Crippen LogP contribution in [0.3, 0.4) is 0 Å². The fraction of sp³-hybridized carbons (Fsp3) is 0.250. The van der Waals surface area contributed by atoms with Crippen molar-refractivity contribution in [2.24, 2.45) is 0 Å². The molecule has 0 spiro atoms. The number of halogens is 2. The Hall–Kier alpha value is -1.23. The summed E-state index contributed by atoms with van der Waals surface area (Å²) in [7, 11) is -3.47. The van der Waals surface area contributed by atoms with E-state index >= 15 is 0 Å². The summed E-state index contributed by atoms with van der Waals surface area (Å²) < 4.78 is 25.9. The van der Waals surface area contributed by atoms with Crippen molar-refractivity contribution in [3.05, 3.63) is 63.1 Å². The van der Waals surface area contributed by atoms with Crippen LogP contribution < -0.4 is 4.31 Å². The fourth-order valence-electron chi connectivity index (χ4n) is 2.20. The summed E-state index contributed by atoms with van der Waals surface area (Å²) in [5.41, 5.74) is 3.09. The molecule has 0 saturated carbocycles. The number of sulfonamides is 1. The SMILES string of the molecule is Cc1ccc(C)c(N(Cc2c(Cl)cccc2Cl)S(C)(=O)=O)c1. The van der Waals surface area contributed by atoms with Gasteiger partial charge in [0, 0.05) is 15.6 Å². The molecule has 118 valence electrons. The first-order chi connectivity index (χ1) is 10.2. The highest BCUT2D eigenvalue weighted by Gasteiger charge is 2.22. The Kier molecular flexibility index (Phi) is 5.05. The van der Waals surface area contributed by atoms with Gasteiger partial charge < -0.3 is 0 Å². The van der Waals surface area contributed by atoms with E-state index in [2.05, 4.69) is 0 Å². The number of benzene rings is 2. The lowest BCUT2D eigenvalue weighted by Gasteiger charge is -2.25. The predicted molar refractivity (Wildman–Crippen MR) is 93.4 cm³/mol. The molecule has 0 saturated heterocycles. The van der Waals surface area contributed by atoms with Crippen molar-refractivity contribution in [3.63, 3.8) is 0 Å². The predicted octanol–water partition coefficient (Wildman–Crippen LogP) is 4.58. The van der Waals surface area contributed by atoms with Crippen molar-refractivity contribution in [1.82, 2.24) is 0 Å². The molecular weight excluding hydrogens is 341 g/mol. The Balaban J connectivity index is 2.56. The lowest BCUT2D eigenvalue weighted by atomic mass is 10.1. The van der Waals surface area contributed by atoms with Crippen LogP contribution in [0.4, 0.5) is 5.69 Å². The van der Waals surface area contributed by atoms with E-state index in [4.69, 9.17) is 23.2 Å². The zero-order valence-corrected chi connectivity index (χ0v) is 14.9. The number of nitrogens with zero attached hydrogens (tertiary/aromatic N) is 1. The van der Waals surface area contributed by atoms with Gasteiger partial charge >= 0.3 is 0 Å². The molecule has 0 heterocycles. The molecular formula is C16H17Cl2NO2S. The summed E-state index contributed by atoms with van der Waals surface area (Å²) in [5, 5.41) is 0.901. The average Bonchev–Trinajstić information content (AvgIpc) is 2.40. The maximum absolute atomic E-state index is 12.3. The quantitative estimate of drug-likeness (QED) is 0.803. The highest BCUT2D eigenvalue weighted by molar-refractivity contribution is 7.92. The summed E-state index contributed by atoms with van der Waals surface area (Å²) in [6.45, 7) is 3.90. The largest absolute Gasteiger partial charge is 0.266 e. The molecule has 0 aromatic heterocycles. The normalized spacial score (nSPS) is 11.5. The molecule has 0 fully saturated rings. The molecule has 0 aliphatic heterocycles. The second kappa shape index (κ2) is 6.49. The molecule has 0 unspecified atom stereocenters. The average molecular weight is 358 g/mol. The molecule has 0 N–H and O–H groups in total. The third-order valence-electron chi connectivity index (χ3n) is 3.40. The first kappa shape index (κ1) is 17.1. The van der Waals surface area contributed by atoms with Gasteiger partial charge in [0.1, 0.15) is 0 Å². The fourth-order valence-corrected chi connectivity index (χ4v) is 3.63. The number of hydrogen-bond acceptors (Lipinski definition) is 2. The van der Waals surface area contributed by atoms with Crippen LogP contribution in [0, 0.1) is 13.8 Å². The van der Waals surface area contributed by atoms with Gasteiger partial charge in [-0.25, -0.2) is 8.42 Å². The van der Waals surface area contributed by atoms with Crippen LogP contribution in [-0.4, -0.2) is 14.7 Å². The van der Waals surface area contributed by atoms with Gasteiger partial charge in [0.05, 0.1) is 18.5 Å². The minimum Gasteiger partial charge on any atom is -0.266 e. The van der Waals surface area contributed by atoms with Crippen LogP contribution >= 0.6 is 23.2 Å². The zero-order chi connectivity index (χ0) is 16.5. The van der Waals surface area contributed by atoms with Crippen molar-refractivity contribution in [1.29, 1.82) is 0 Å². The van der Waals surface area contributed by atoms with Crippen LogP contribution in [0.25, 0.3) is 0 Å². The topological polar surface area (TPSA) is 37.4 Å². The van der Waals surface area contributed by atoms with E-state index in [-0.39, 0.29) is 6.54 Å². The van der Waals surface area contributed by atoms with Crippen LogP contribution in [0.5, 0.6) is 0 Å². The molecule has 0 bridgehead atoms. The van der Waals surface area contributed by atoms with Crippen molar-refractivity contribution in [3.8, 4) is 0 Å². The van der Waals surface area contributed by atoms with Crippen molar-refractivity contribution in [2.45, 2.75) is 20.4 Å². The van der Waals surface area contributed by atoms with Crippen molar-refractivity contribution >= 4 is 38.9 Å². The second-order valence-corrected chi connectivity index (χ2v) is 7.98. The maximum Gasteiger partial charge on any atom is 0.232 e. The number of anilines is 1. The lowest BCUT2D eigenvalue weighted by molar-refractivity contribution is 0.596. The van der Waals surface area contributed by atoms with E-state index in [9.17, 15) is 8.42 Å². The first-order valence-corrected chi connectivity index (χ1v) is 9.28. The smallest absolute Gasteiger partial charge is 0.232 e. The highest BCUT2D eigenvalue weighted by Crippen LogP contribution is 2.31. The Morgan fingerprint density at radius 1 is 1.05 bits per heavy atom. The molecule has 3 nitrogen and oxygen atoms in total. The van der Waals surface area contributed by atoms with Gasteiger partial charge in [-0.3, -0.25) is 4.31 Å². The first-order valence-electron chi connectivity index (χ1n) is 6.68. The van der Waals surface area contributed by atoms with E-state index in [1.54, 1.807) is 18.2 Å². The summed E-state index contributed by atoms with van der Waals surface area (Å²) in [4.78, 5) is 0. The third kappa shape index (κ3) is 3.75. The molecule has 6 heteroatoms. The highest BCUT2D eigenvalue weighted by atomic mass is 35.5. The monoisotopic (exact) mass is 357 g/mol. The molecule has 22 heavy (non-hydrogen) atoms. The molecule has 0 aliphatic rings. The standard InChI is InChI=1S/C16H17Cl2NO2S/c1-11-7-8-12(2)16(9-11)19(22(3,20)21)10-13-14(17)5-4-6-15(13)18/h4-9H,10H2,1-3H3. The Bertz CT molecular complexity index is 784. The maximum atomic E-state index is 12.3. The van der Waals surface area contributed by atoms with Crippen LogP contribution in [0.15, 0.2) is 36.4 Å². The van der Waals surface area contributed by atoms with Gasteiger partial charge in [-0.2, -0.15) is 0 Å². The summed E-state index contributed by atoms with van der Waals surface area (Å²) in [5.74, 6) is 0. The minimum atomic E-state index is -3.47. The van der Waals surface area contributed by atoms with E-state index < -0.39 is 10.0 Å². The van der Waals surface area contributed by atoms with E-state index in [0.717, 1.165) is 11.1 Å². The second-order valence-electron chi connectivity index (χ2n) is 5.26. The van der Waals surface area contributed by atoms with E-state index in [1.165, 1.54) is 10.6 Å².